The third-order valence-corrected chi connectivity index (χ3v) is 0.410. The van der Waals surface area contributed by atoms with Gasteiger partial charge in [0.25, 0.3) is 0 Å². The molecule has 0 amide bonds. The summed E-state index contributed by atoms with van der Waals surface area (Å²) in [7, 11) is -3.28. The zero-order chi connectivity index (χ0) is 6.57. The van der Waals surface area contributed by atoms with Crippen LogP contribution < -0.4 is 0 Å². The van der Waals surface area contributed by atoms with Crippen LogP contribution in [0.2, 0.25) is 0 Å². The Morgan fingerprint density at radius 2 is 2.12 bits per heavy atom. The van der Waals surface area contributed by atoms with Crippen molar-refractivity contribution in [1.29, 1.82) is 0 Å². The lowest BCUT2D eigenvalue weighted by atomic mass is 11.5. The summed E-state index contributed by atoms with van der Waals surface area (Å²) in [5, 5.41) is 7.58. The second kappa shape index (κ2) is 2.96. The van der Waals surface area contributed by atoms with Crippen LogP contribution in [0.5, 0.6) is 0 Å². The Labute approximate surface area is 45.1 Å². The molecule has 0 aliphatic rings. The second-order valence-corrected chi connectivity index (χ2v) is 1.40. The average Bonchev–Trinajstić information content (AvgIpc) is 1.61. The molecule has 0 fully saturated rings. The number of hydrogen-bond donors (Lipinski definition) is 2. The lowest BCUT2D eigenvalue weighted by Crippen LogP contribution is -2.09. The molecule has 0 aromatic rings. The van der Waals surface area contributed by atoms with Gasteiger partial charge in [-0.3, -0.25) is 9.04 Å². The summed E-state index contributed by atoms with van der Waals surface area (Å²) in [5.74, 6) is 0. The maximum Gasteiger partial charge on any atom is 0.808 e. The topological polar surface area (TPSA) is 93.1 Å². The molecule has 0 rings (SSSR count). The van der Waals surface area contributed by atoms with Crippen LogP contribution in [0.25, 0.3) is 0 Å². The van der Waals surface area contributed by atoms with Crippen LogP contribution in [0.1, 0.15) is 0 Å². The Kier molecular flexibility index (Phi) is 2.55. The zero-order valence-electron chi connectivity index (χ0n) is 3.53. The van der Waals surface area contributed by atoms with Gasteiger partial charge in [0.15, 0.2) is 0 Å². The van der Waals surface area contributed by atoms with Crippen LogP contribution in [0.15, 0.2) is 0 Å². The molecule has 0 saturated carbocycles. The van der Waals surface area contributed by atoms with E-state index in [9.17, 15) is 9.26 Å². The highest BCUT2D eigenvalue weighted by Gasteiger charge is 2.08. The molecule has 0 aromatic heterocycles. The van der Waals surface area contributed by atoms with Gasteiger partial charge in [0, 0.05) is 0 Å². The minimum Gasteiger partial charge on any atom is -0.510 e. The Bertz CT molecular complexity index is 93.1. The van der Waals surface area contributed by atoms with Gasteiger partial charge >= 0.3 is 15.3 Å². The largest absolute Gasteiger partial charge is 0.808 e. The van der Waals surface area contributed by atoms with E-state index in [1.165, 1.54) is 0 Å². The summed E-state index contributed by atoms with van der Waals surface area (Å²) in [6.45, 7) is 0. The van der Waals surface area contributed by atoms with E-state index in [2.05, 4.69) is 9.46 Å². The minimum atomic E-state index is -3.28. The van der Waals surface area contributed by atoms with Crippen molar-refractivity contribution in [1.82, 2.24) is 0 Å². The summed E-state index contributed by atoms with van der Waals surface area (Å²) >= 11 is 0. The molecule has 0 spiro atoms. The highest BCUT2D eigenvalue weighted by Crippen LogP contribution is 1.75. The lowest BCUT2D eigenvalue weighted by molar-refractivity contribution is -0.181. The molecule has 2 N–H and O–H groups in total. The van der Waals surface area contributed by atoms with Gasteiger partial charge in [-0.25, -0.2) is 9.68 Å². The highest BCUT2D eigenvalue weighted by molar-refractivity contribution is 6.23. The van der Waals surface area contributed by atoms with Crippen LogP contribution in [-0.4, -0.2) is 25.2 Å². The Balaban J connectivity index is 3.18. The molecule has 8 heavy (non-hydrogen) atoms. The maximum absolute atomic E-state index is 9.48. The molecule has 0 unspecified atom stereocenters. The van der Waals surface area contributed by atoms with Gasteiger partial charge in [0.2, 0.25) is 0 Å². The second-order valence-electron chi connectivity index (χ2n) is 0.698. The Morgan fingerprint density at radius 1 is 1.62 bits per heavy atom. The fraction of sp³-hybridized carbons (Fsp3) is 0. The van der Waals surface area contributed by atoms with E-state index < -0.39 is 15.3 Å². The first-order chi connectivity index (χ1) is 3.63. The number of carboxylic acid groups (broad SMARTS) is 1. The summed E-state index contributed by atoms with van der Waals surface area (Å²) in [4.78, 5) is 20.3. The van der Waals surface area contributed by atoms with Crippen molar-refractivity contribution in [2.24, 2.45) is 0 Å². The average molecular weight is 138 g/mol. The molecule has 0 aliphatic heterocycles. The fourth-order valence-corrected chi connectivity index (χ4v) is 0.214. The van der Waals surface area contributed by atoms with Crippen molar-refractivity contribution in [2.45, 2.75) is 0 Å². The van der Waals surface area contributed by atoms with Gasteiger partial charge in [-0.2, -0.15) is 0 Å². The predicted octanol–water partition coefficient (Wildman–Crippen LogP) is -0.980. The number of carbonyl (C=O) groups is 1. The quantitative estimate of drug-likeness (QED) is 0.289. The molecule has 0 atom stereocenters. The van der Waals surface area contributed by atoms with Crippen molar-refractivity contribution in [2.75, 3.05) is 0 Å². The van der Waals surface area contributed by atoms with E-state index in [0.717, 1.165) is 0 Å². The molecule has 6 nitrogen and oxygen atoms in total. The van der Waals surface area contributed by atoms with Gasteiger partial charge in [-0.1, -0.05) is 0 Å². The first-order valence-corrected chi connectivity index (χ1v) is 2.69. The molecule has 0 aromatic carbocycles. The van der Waals surface area contributed by atoms with Crippen LogP contribution in [0.3, 0.4) is 0 Å². The SMILES string of the molecule is O=C(O)OO[Si](=O)O. The summed E-state index contributed by atoms with van der Waals surface area (Å²) in [6.07, 6.45) is -1.75. The third-order valence-electron chi connectivity index (χ3n) is 0.184. The van der Waals surface area contributed by atoms with Gasteiger partial charge in [-0.05, 0) is 0 Å². The van der Waals surface area contributed by atoms with Gasteiger partial charge in [0.1, 0.15) is 0 Å². The molecule has 0 aliphatic carbocycles. The monoisotopic (exact) mass is 138 g/mol. The van der Waals surface area contributed by atoms with Crippen LogP contribution >= 0.6 is 0 Å². The van der Waals surface area contributed by atoms with E-state index in [-0.39, 0.29) is 0 Å². The number of hydrogen-bond acceptors (Lipinski definition) is 4. The summed E-state index contributed by atoms with van der Waals surface area (Å²) < 4.78 is 12.8. The fourth-order valence-electron chi connectivity index (χ4n) is 0.0713. The molecule has 0 heterocycles. The lowest BCUT2D eigenvalue weighted by Gasteiger charge is -1.89. The van der Waals surface area contributed by atoms with Crippen molar-refractivity contribution < 1.29 is 28.6 Å². The van der Waals surface area contributed by atoms with Gasteiger partial charge in [0.05, 0.1) is 0 Å². The van der Waals surface area contributed by atoms with Crippen molar-refractivity contribution in [3.8, 4) is 0 Å². The van der Waals surface area contributed by atoms with Crippen LogP contribution in [-0.2, 0) is 13.9 Å². The molecule has 0 saturated heterocycles. The van der Waals surface area contributed by atoms with Crippen molar-refractivity contribution in [3.05, 3.63) is 0 Å². The molecule has 0 radical (unpaired) electrons. The predicted molar refractivity (Wildman–Crippen MR) is 18.9 cm³/mol. The maximum atomic E-state index is 9.48. The third kappa shape index (κ3) is 4.89. The summed E-state index contributed by atoms with van der Waals surface area (Å²) in [5.41, 5.74) is 0. The summed E-state index contributed by atoms with van der Waals surface area (Å²) in [6, 6.07) is 0. The normalized spacial score (nSPS) is 7.50. The smallest absolute Gasteiger partial charge is 0.510 e. The first-order valence-electron chi connectivity index (χ1n) is 1.43. The molecule has 7 heteroatoms. The Hall–Kier alpha value is -1.11. The van der Waals surface area contributed by atoms with Crippen molar-refractivity contribution in [3.63, 3.8) is 0 Å². The van der Waals surface area contributed by atoms with Crippen LogP contribution in [0.4, 0.5) is 4.79 Å². The van der Waals surface area contributed by atoms with Gasteiger partial charge in [-0.15, -0.1) is 0 Å². The van der Waals surface area contributed by atoms with Crippen molar-refractivity contribution >= 4 is 15.3 Å². The standard InChI is InChI=1S/CH2O6Si/c2-1(3)6-7-8(4)5/h4H,(H,2,3). The van der Waals surface area contributed by atoms with E-state index >= 15 is 0 Å². The van der Waals surface area contributed by atoms with E-state index in [1.54, 1.807) is 0 Å². The molecular formula is CH2O6Si. The van der Waals surface area contributed by atoms with E-state index in [4.69, 9.17) is 9.90 Å². The minimum absolute atomic E-state index is 1.75. The van der Waals surface area contributed by atoms with E-state index in [1.807, 2.05) is 0 Å². The zero-order valence-corrected chi connectivity index (χ0v) is 4.53. The number of rotatable bonds is 2. The van der Waals surface area contributed by atoms with Crippen LogP contribution in [0, 0.1) is 0 Å². The highest BCUT2D eigenvalue weighted by atomic mass is 28.3. The molecule has 0 bridgehead atoms. The van der Waals surface area contributed by atoms with E-state index in [0.29, 0.717) is 0 Å². The Morgan fingerprint density at radius 3 is 2.25 bits per heavy atom. The van der Waals surface area contributed by atoms with Gasteiger partial charge < -0.3 is 9.90 Å². The molecular weight excluding hydrogens is 136 g/mol. The first kappa shape index (κ1) is 6.89. The molecule has 46 valence electrons.